The predicted octanol–water partition coefficient (Wildman–Crippen LogP) is 2.00. The number of hydrogen-bond acceptors (Lipinski definition) is 5. The minimum atomic E-state index is -1.23. The third kappa shape index (κ3) is 4.48. The summed E-state index contributed by atoms with van der Waals surface area (Å²) in [5.41, 5.74) is 1.79. The van der Waals surface area contributed by atoms with E-state index in [0.717, 1.165) is 17.3 Å². The summed E-state index contributed by atoms with van der Waals surface area (Å²) in [7, 11) is 0. The first-order valence-electron chi connectivity index (χ1n) is 7.99. The van der Waals surface area contributed by atoms with E-state index in [2.05, 4.69) is 4.99 Å². The monoisotopic (exact) mass is 353 g/mol. The molecule has 1 aliphatic heterocycles. The van der Waals surface area contributed by atoms with Gasteiger partial charge in [-0.25, -0.2) is 4.99 Å². The van der Waals surface area contributed by atoms with Crippen LogP contribution in [-0.2, 0) is 16.0 Å². The molecule has 1 amide bonds. The highest BCUT2D eigenvalue weighted by Crippen LogP contribution is 2.28. The number of thioether (sulfide) groups is 1. The number of amides is 1. The van der Waals surface area contributed by atoms with Crippen LogP contribution in [0.15, 0.2) is 65.7 Å². The first-order valence-corrected chi connectivity index (χ1v) is 8.87. The molecule has 1 fully saturated rings. The van der Waals surface area contributed by atoms with Crippen LogP contribution in [0.25, 0.3) is 0 Å². The third-order valence-corrected chi connectivity index (χ3v) is 5.02. The van der Waals surface area contributed by atoms with E-state index in [-0.39, 0.29) is 12.3 Å². The van der Waals surface area contributed by atoms with Crippen molar-refractivity contribution in [1.29, 1.82) is 0 Å². The first kappa shape index (κ1) is 17.2. The molecule has 25 heavy (non-hydrogen) atoms. The lowest BCUT2D eigenvalue weighted by molar-refractivity contribution is -0.304. The zero-order chi connectivity index (χ0) is 17.6. The highest BCUT2D eigenvalue weighted by atomic mass is 32.2. The fraction of sp³-hybridized carbons (Fsp3) is 0.211. The molecule has 0 saturated carbocycles. The van der Waals surface area contributed by atoms with E-state index < -0.39 is 11.2 Å². The fourth-order valence-corrected chi connectivity index (χ4v) is 3.60. The van der Waals surface area contributed by atoms with E-state index in [1.807, 2.05) is 60.7 Å². The smallest absolute Gasteiger partial charge is 0.230 e. The maximum Gasteiger partial charge on any atom is 0.230 e. The Kier molecular flexibility index (Phi) is 5.50. The van der Waals surface area contributed by atoms with Crippen LogP contribution < -0.4 is 5.11 Å². The van der Waals surface area contributed by atoms with Gasteiger partial charge in [0, 0.05) is 13.0 Å². The molecule has 0 spiro atoms. The summed E-state index contributed by atoms with van der Waals surface area (Å²) in [5, 5.41) is 10.7. The van der Waals surface area contributed by atoms with Crippen molar-refractivity contribution in [3.05, 3.63) is 66.2 Å². The summed E-state index contributed by atoms with van der Waals surface area (Å²) < 4.78 is 0. The van der Waals surface area contributed by atoms with Gasteiger partial charge in [0.1, 0.15) is 0 Å². The molecule has 0 unspecified atom stereocenters. The molecule has 2 aromatic carbocycles. The average molecular weight is 353 g/mol. The number of aliphatic imine (C=N–C) groups is 1. The maximum absolute atomic E-state index is 12.5. The number of hydrogen-bond donors (Lipinski definition) is 0. The zero-order valence-electron chi connectivity index (χ0n) is 13.5. The number of aliphatic carboxylic acids is 1. The van der Waals surface area contributed by atoms with Gasteiger partial charge >= 0.3 is 0 Å². The molecular weight excluding hydrogens is 336 g/mol. The van der Waals surface area contributed by atoms with Crippen LogP contribution in [0.1, 0.15) is 12.0 Å². The Hall–Kier alpha value is -2.60. The first-order chi connectivity index (χ1) is 12.1. The van der Waals surface area contributed by atoms with Gasteiger partial charge in [0.25, 0.3) is 0 Å². The lowest BCUT2D eigenvalue weighted by Crippen LogP contribution is -2.48. The van der Waals surface area contributed by atoms with Gasteiger partial charge in [-0.1, -0.05) is 60.3 Å². The van der Waals surface area contributed by atoms with Crippen molar-refractivity contribution in [2.75, 3.05) is 6.54 Å². The highest BCUT2D eigenvalue weighted by molar-refractivity contribution is 8.15. The van der Waals surface area contributed by atoms with Gasteiger partial charge in [0.15, 0.2) is 5.17 Å². The number of carboxylic acids is 1. The summed E-state index contributed by atoms with van der Waals surface area (Å²) >= 11 is 1.07. The molecular formula is C19H17N2O3S-. The molecule has 1 saturated heterocycles. The van der Waals surface area contributed by atoms with Crippen molar-refractivity contribution < 1.29 is 14.7 Å². The number of para-hydroxylation sites is 1. The van der Waals surface area contributed by atoms with Gasteiger partial charge in [-0.05, 0) is 24.1 Å². The minimum Gasteiger partial charge on any atom is -0.549 e. The van der Waals surface area contributed by atoms with E-state index in [4.69, 9.17) is 0 Å². The third-order valence-electron chi connectivity index (χ3n) is 3.85. The Balaban J connectivity index is 1.83. The predicted molar refractivity (Wildman–Crippen MR) is 96.4 cm³/mol. The van der Waals surface area contributed by atoms with Crippen molar-refractivity contribution in [3.8, 4) is 0 Å². The van der Waals surface area contributed by atoms with Crippen molar-refractivity contribution in [1.82, 2.24) is 4.90 Å². The van der Waals surface area contributed by atoms with Crippen molar-refractivity contribution >= 4 is 34.5 Å². The molecule has 1 aliphatic rings. The molecule has 6 heteroatoms. The standard InChI is InChI=1S/C19H18N2O3S/c22-17-13-16(18(23)24)25-19(20-15-9-5-2-6-10-15)21(17)12-11-14-7-3-1-4-8-14/h1-10,16H,11-13H2,(H,23,24)/p-1/t16-/m1/s1. The number of carbonyl (C=O) groups is 2. The molecule has 2 aromatic rings. The molecule has 5 nitrogen and oxygen atoms in total. The number of nitrogens with zero attached hydrogens (tertiary/aromatic N) is 2. The molecule has 128 valence electrons. The minimum absolute atomic E-state index is 0.0738. The fourth-order valence-electron chi connectivity index (χ4n) is 2.55. The Labute approximate surface area is 150 Å². The van der Waals surface area contributed by atoms with E-state index in [1.54, 1.807) is 4.90 Å². The highest BCUT2D eigenvalue weighted by Gasteiger charge is 2.32. The maximum atomic E-state index is 12.5. The second-order valence-corrected chi connectivity index (χ2v) is 6.81. The van der Waals surface area contributed by atoms with Crippen LogP contribution in [0.3, 0.4) is 0 Å². The lowest BCUT2D eigenvalue weighted by Gasteiger charge is -2.32. The van der Waals surface area contributed by atoms with E-state index in [1.165, 1.54) is 0 Å². The van der Waals surface area contributed by atoms with Crippen LogP contribution in [0.2, 0.25) is 0 Å². The number of rotatable bonds is 5. The second-order valence-electron chi connectivity index (χ2n) is 5.64. The van der Waals surface area contributed by atoms with Gasteiger partial charge in [-0.2, -0.15) is 0 Å². The number of amidine groups is 1. The molecule has 0 aromatic heterocycles. The van der Waals surface area contributed by atoms with Crippen molar-refractivity contribution in [3.63, 3.8) is 0 Å². The average Bonchev–Trinajstić information content (AvgIpc) is 2.62. The molecule has 0 N–H and O–H groups in total. The Morgan fingerprint density at radius 1 is 1.12 bits per heavy atom. The van der Waals surface area contributed by atoms with Crippen LogP contribution in [0.4, 0.5) is 5.69 Å². The number of carbonyl (C=O) groups excluding carboxylic acids is 2. The van der Waals surface area contributed by atoms with Gasteiger partial charge in [-0.3, -0.25) is 9.69 Å². The lowest BCUT2D eigenvalue weighted by atomic mass is 10.1. The Morgan fingerprint density at radius 2 is 1.76 bits per heavy atom. The van der Waals surface area contributed by atoms with E-state index in [9.17, 15) is 14.7 Å². The quantitative estimate of drug-likeness (QED) is 0.824. The summed E-state index contributed by atoms with van der Waals surface area (Å²) in [5.74, 6) is -1.47. The second kappa shape index (κ2) is 7.98. The summed E-state index contributed by atoms with van der Waals surface area (Å²) in [4.78, 5) is 29.8. The van der Waals surface area contributed by atoms with E-state index >= 15 is 0 Å². The summed E-state index contributed by atoms with van der Waals surface area (Å²) in [6.07, 6.45) is 0.604. The molecule has 1 heterocycles. The van der Waals surface area contributed by atoms with E-state index in [0.29, 0.717) is 23.8 Å². The summed E-state index contributed by atoms with van der Waals surface area (Å²) in [6.45, 7) is 0.460. The largest absolute Gasteiger partial charge is 0.549 e. The molecule has 3 rings (SSSR count). The van der Waals surface area contributed by atoms with Crippen LogP contribution in [0, 0.1) is 0 Å². The van der Waals surface area contributed by atoms with Crippen LogP contribution >= 0.6 is 11.8 Å². The van der Waals surface area contributed by atoms with Crippen molar-refractivity contribution in [2.24, 2.45) is 4.99 Å². The number of carboxylic acid groups (broad SMARTS) is 1. The molecule has 0 aliphatic carbocycles. The van der Waals surface area contributed by atoms with Gasteiger partial charge in [0.2, 0.25) is 5.91 Å². The van der Waals surface area contributed by atoms with Crippen molar-refractivity contribution in [2.45, 2.75) is 18.1 Å². The molecule has 0 radical (unpaired) electrons. The summed E-state index contributed by atoms with van der Waals surface area (Å²) in [6, 6.07) is 19.0. The Bertz CT molecular complexity index is 778. The van der Waals surface area contributed by atoms with Gasteiger partial charge in [0.05, 0.1) is 16.9 Å². The number of benzene rings is 2. The topological polar surface area (TPSA) is 72.8 Å². The molecule has 1 atom stereocenters. The van der Waals surface area contributed by atoms with Crippen LogP contribution in [-0.4, -0.2) is 33.7 Å². The SMILES string of the molecule is O=C([O-])[C@H]1CC(=O)N(CCc2ccccc2)C(=Nc2ccccc2)S1. The normalized spacial score (nSPS) is 19.2. The van der Waals surface area contributed by atoms with Crippen LogP contribution in [0.5, 0.6) is 0 Å². The zero-order valence-corrected chi connectivity index (χ0v) is 14.3. The molecule has 0 bridgehead atoms. The van der Waals surface area contributed by atoms with Gasteiger partial charge < -0.3 is 9.90 Å². The Morgan fingerprint density at radius 3 is 2.40 bits per heavy atom. The van der Waals surface area contributed by atoms with Gasteiger partial charge in [-0.15, -0.1) is 0 Å².